The van der Waals surface area contributed by atoms with E-state index in [0.29, 0.717) is 12.8 Å². The van der Waals surface area contributed by atoms with Crippen molar-refractivity contribution in [1.82, 2.24) is 19.8 Å². The van der Waals surface area contributed by atoms with Crippen LogP contribution in [0.3, 0.4) is 0 Å². The fourth-order valence-corrected chi connectivity index (χ4v) is 5.55. The summed E-state index contributed by atoms with van der Waals surface area (Å²) in [6.07, 6.45) is -2.05. The highest BCUT2D eigenvalue weighted by molar-refractivity contribution is 7.92. The molecule has 166 valence electrons. The number of carbonyl (C=O) groups excluding carboxylic acids is 1. The van der Waals surface area contributed by atoms with Crippen LogP contribution in [-0.2, 0) is 23.1 Å². The molecule has 0 aliphatic carbocycles. The maximum absolute atomic E-state index is 13.3. The Bertz CT molecular complexity index is 1010. The average molecular weight is 449 g/mol. The van der Waals surface area contributed by atoms with Crippen molar-refractivity contribution in [2.45, 2.75) is 42.5 Å². The Labute approximate surface area is 171 Å². The summed E-state index contributed by atoms with van der Waals surface area (Å²) in [5, 5.41) is 9.46. The molecule has 1 aliphatic rings. The minimum absolute atomic E-state index is 0.251. The molecule has 3 rings (SSSR count). The lowest BCUT2D eigenvalue weighted by molar-refractivity contribution is -0.143. The Kier molecular flexibility index (Phi) is 5.60. The molecular formula is C17H22F3N5O4S. The highest BCUT2D eigenvalue weighted by Crippen LogP contribution is 2.42. The minimum atomic E-state index is -4.89. The summed E-state index contributed by atoms with van der Waals surface area (Å²) < 4.78 is 70.3. The molecule has 1 saturated heterocycles. The topological polar surface area (TPSA) is 110 Å². The molecule has 9 nitrogen and oxygen atoms in total. The molecule has 2 aromatic heterocycles. The minimum Gasteiger partial charge on any atom is -0.363 e. The molecular weight excluding hydrogens is 427 g/mol. The number of aromatic nitrogens is 3. The van der Waals surface area contributed by atoms with Crippen molar-refractivity contribution in [3.63, 3.8) is 0 Å². The van der Waals surface area contributed by atoms with Gasteiger partial charge in [0.25, 0.3) is 0 Å². The summed E-state index contributed by atoms with van der Waals surface area (Å²) in [5.41, 5.74) is -1.41. The van der Waals surface area contributed by atoms with E-state index in [9.17, 15) is 26.4 Å². The van der Waals surface area contributed by atoms with Crippen molar-refractivity contribution in [2.24, 2.45) is 13.0 Å². The van der Waals surface area contributed by atoms with Gasteiger partial charge >= 0.3 is 12.2 Å². The number of sulfone groups is 1. The number of hydrogen-bond donors (Lipinski definition) is 1. The molecule has 13 heteroatoms. The first-order valence-electron chi connectivity index (χ1n) is 9.16. The molecule has 0 atom stereocenters. The Morgan fingerprint density at radius 2 is 1.90 bits per heavy atom. The number of alkyl halides is 3. The number of nitrogens with one attached hydrogen (secondary N) is 1. The van der Waals surface area contributed by atoms with Crippen LogP contribution in [0.4, 0.5) is 23.8 Å². The maximum Gasteiger partial charge on any atom is 0.436 e. The zero-order valence-electron chi connectivity index (χ0n) is 16.6. The number of anilines is 1. The van der Waals surface area contributed by atoms with E-state index in [1.807, 2.05) is 0 Å². The molecule has 0 saturated carbocycles. The Morgan fingerprint density at radius 3 is 2.43 bits per heavy atom. The monoisotopic (exact) mass is 449 g/mol. The third kappa shape index (κ3) is 4.02. The van der Waals surface area contributed by atoms with E-state index >= 15 is 0 Å². The van der Waals surface area contributed by atoms with Crippen molar-refractivity contribution in [1.29, 1.82) is 0 Å². The van der Waals surface area contributed by atoms with Gasteiger partial charge in [-0.3, -0.25) is 10.00 Å². The number of aryl methyl sites for hydroxylation is 1. The summed E-state index contributed by atoms with van der Waals surface area (Å²) in [6.45, 7) is 3.36. The number of likely N-dealkylation sites (tertiary alicyclic amines) is 1. The van der Waals surface area contributed by atoms with Crippen LogP contribution in [0.2, 0.25) is 0 Å². The van der Waals surface area contributed by atoms with Gasteiger partial charge in [-0.05, 0) is 32.6 Å². The second kappa shape index (κ2) is 7.60. The van der Waals surface area contributed by atoms with Crippen LogP contribution in [0, 0.1) is 5.92 Å². The van der Waals surface area contributed by atoms with Gasteiger partial charge in [0.05, 0.1) is 4.75 Å². The first-order valence-corrected chi connectivity index (χ1v) is 10.6. The third-order valence-electron chi connectivity index (χ3n) is 5.48. The standard InChI is InChI=1S/C17H22F3N5O4S/c1-16(2,30(27,28)12-10-24(3)22-14(12)17(18,19)20)11-4-7-25(8-5-11)15(26)21-13-6-9-29-23-13/h6,9-11H,4-5,7-8H2,1-3H3,(H,21,23,26). The summed E-state index contributed by atoms with van der Waals surface area (Å²) in [7, 11) is -3.11. The summed E-state index contributed by atoms with van der Waals surface area (Å²) in [5.74, 6) is -0.193. The molecule has 1 aliphatic heterocycles. The summed E-state index contributed by atoms with van der Waals surface area (Å²) >= 11 is 0. The highest BCUT2D eigenvalue weighted by atomic mass is 32.2. The first-order chi connectivity index (χ1) is 13.8. The maximum atomic E-state index is 13.3. The number of rotatable bonds is 4. The molecule has 1 fully saturated rings. The van der Waals surface area contributed by atoms with Crippen LogP contribution in [0.15, 0.2) is 27.9 Å². The van der Waals surface area contributed by atoms with Crippen LogP contribution in [0.5, 0.6) is 0 Å². The largest absolute Gasteiger partial charge is 0.436 e. The molecule has 30 heavy (non-hydrogen) atoms. The van der Waals surface area contributed by atoms with Gasteiger partial charge in [-0.1, -0.05) is 5.16 Å². The van der Waals surface area contributed by atoms with Gasteiger partial charge in [0.2, 0.25) is 0 Å². The Balaban J connectivity index is 1.76. The smallest absolute Gasteiger partial charge is 0.363 e. The quantitative estimate of drug-likeness (QED) is 0.769. The molecule has 2 aromatic rings. The number of hydrogen-bond acceptors (Lipinski definition) is 6. The van der Waals surface area contributed by atoms with Gasteiger partial charge < -0.3 is 9.42 Å². The van der Waals surface area contributed by atoms with E-state index in [-0.39, 0.29) is 18.9 Å². The van der Waals surface area contributed by atoms with Crippen molar-refractivity contribution in [2.75, 3.05) is 18.4 Å². The molecule has 0 spiro atoms. The number of carbonyl (C=O) groups is 1. The Hall–Kier alpha value is -2.57. The van der Waals surface area contributed by atoms with Gasteiger partial charge in [0.15, 0.2) is 21.3 Å². The van der Waals surface area contributed by atoms with E-state index in [4.69, 9.17) is 0 Å². The van der Waals surface area contributed by atoms with Crippen molar-refractivity contribution < 1.29 is 30.9 Å². The SMILES string of the molecule is Cn1cc(S(=O)(=O)C(C)(C)C2CCN(C(=O)Nc3ccon3)CC2)c(C(F)(F)F)n1. The van der Waals surface area contributed by atoms with Crippen LogP contribution in [0.1, 0.15) is 32.4 Å². The van der Waals surface area contributed by atoms with E-state index in [2.05, 4.69) is 20.1 Å². The zero-order valence-corrected chi connectivity index (χ0v) is 17.4. The molecule has 1 N–H and O–H groups in total. The van der Waals surface area contributed by atoms with Gasteiger partial charge in [-0.2, -0.15) is 18.3 Å². The first kappa shape index (κ1) is 22.1. The second-order valence-corrected chi connectivity index (χ2v) is 10.2. The van der Waals surface area contributed by atoms with Crippen molar-refractivity contribution in [3.8, 4) is 0 Å². The van der Waals surface area contributed by atoms with Gasteiger partial charge in [0, 0.05) is 32.4 Å². The van der Waals surface area contributed by atoms with Crippen molar-refractivity contribution >= 4 is 21.7 Å². The fraction of sp³-hybridized carbons (Fsp3) is 0.588. The summed E-state index contributed by atoms with van der Waals surface area (Å²) in [4.78, 5) is 13.0. The Morgan fingerprint density at radius 1 is 1.27 bits per heavy atom. The molecule has 0 radical (unpaired) electrons. The normalized spacial score (nSPS) is 16.7. The van der Waals surface area contributed by atoms with Crippen LogP contribution in [0.25, 0.3) is 0 Å². The highest BCUT2D eigenvalue weighted by Gasteiger charge is 2.49. The van der Waals surface area contributed by atoms with Crippen LogP contribution < -0.4 is 5.32 Å². The van der Waals surface area contributed by atoms with E-state index in [0.717, 1.165) is 10.9 Å². The number of nitrogens with zero attached hydrogens (tertiary/aromatic N) is 4. The predicted molar refractivity (Wildman–Crippen MR) is 99.3 cm³/mol. The van der Waals surface area contributed by atoms with E-state index in [1.54, 1.807) is 0 Å². The lowest BCUT2D eigenvalue weighted by Crippen LogP contribution is -2.48. The van der Waals surface area contributed by atoms with E-state index in [1.165, 1.54) is 38.1 Å². The van der Waals surface area contributed by atoms with Crippen LogP contribution in [-0.4, -0.2) is 52.1 Å². The second-order valence-electron chi connectivity index (χ2n) is 7.70. The van der Waals surface area contributed by atoms with Gasteiger partial charge in [-0.15, -0.1) is 0 Å². The fourth-order valence-electron chi connectivity index (χ4n) is 3.61. The van der Waals surface area contributed by atoms with Crippen molar-refractivity contribution in [3.05, 3.63) is 24.2 Å². The third-order valence-corrected chi connectivity index (χ3v) is 8.08. The number of urea groups is 1. The molecule has 0 aromatic carbocycles. The van der Waals surface area contributed by atoms with Gasteiger partial charge in [-0.25, -0.2) is 13.2 Å². The zero-order chi connectivity index (χ0) is 22.3. The molecule has 0 bridgehead atoms. The van der Waals surface area contributed by atoms with Crippen LogP contribution >= 0.6 is 0 Å². The van der Waals surface area contributed by atoms with Gasteiger partial charge in [0.1, 0.15) is 11.2 Å². The predicted octanol–water partition coefficient (Wildman–Crippen LogP) is 2.92. The van der Waals surface area contributed by atoms with E-state index < -0.39 is 43.3 Å². The lowest BCUT2D eigenvalue weighted by Gasteiger charge is -2.39. The molecule has 3 heterocycles. The number of halogens is 3. The number of piperidine rings is 1. The lowest BCUT2D eigenvalue weighted by atomic mass is 9.86. The molecule has 2 amide bonds. The average Bonchev–Trinajstić information content (AvgIpc) is 3.31. The molecule has 0 unspecified atom stereocenters. The summed E-state index contributed by atoms with van der Waals surface area (Å²) in [6, 6.07) is 1.07. The number of amides is 2.